The second kappa shape index (κ2) is 7.53. The van der Waals surface area contributed by atoms with Crippen LogP contribution in [-0.2, 0) is 16.0 Å². The van der Waals surface area contributed by atoms with E-state index < -0.39 is 23.9 Å². The number of halogens is 3. The lowest BCUT2D eigenvalue weighted by Gasteiger charge is -2.35. The number of carbonyl (C=O) groups is 2. The van der Waals surface area contributed by atoms with Crippen molar-refractivity contribution in [1.82, 2.24) is 4.90 Å². The van der Waals surface area contributed by atoms with Crippen LogP contribution in [0.2, 0.25) is 0 Å². The largest absolute Gasteiger partial charge is 0.463 e. The van der Waals surface area contributed by atoms with Crippen LogP contribution in [0.4, 0.5) is 13.2 Å². The van der Waals surface area contributed by atoms with E-state index in [1.807, 2.05) is 0 Å². The number of piperidine rings is 1. The molecule has 2 N–H and O–H groups in total. The second-order valence-electron chi connectivity index (χ2n) is 7.08. The van der Waals surface area contributed by atoms with Crippen LogP contribution in [0.1, 0.15) is 35.6 Å². The van der Waals surface area contributed by atoms with Crippen LogP contribution in [0.5, 0.6) is 0 Å². The first-order valence-corrected chi connectivity index (χ1v) is 8.87. The highest BCUT2D eigenvalue weighted by Gasteiger charge is 2.64. The highest BCUT2D eigenvalue weighted by Crippen LogP contribution is 2.49. The fraction of sp³-hybridized carbons (Fsp3) is 0.647. The standard InChI is InChI=1S/C17H21F3N4O4/c1-27-15(26)13-5-4-11(28-13)7-12(21)14(25)24-6-2-3-10(9-24)8-16(22-23-16)17(18,19)20/h4-5,10,12H,2-3,6-9,21H2,1H3. The number of amides is 1. The molecule has 1 aromatic heterocycles. The molecule has 0 aromatic carbocycles. The molecule has 0 bridgehead atoms. The second-order valence-corrected chi connectivity index (χ2v) is 7.08. The molecule has 2 aliphatic rings. The summed E-state index contributed by atoms with van der Waals surface area (Å²) < 4.78 is 48.9. The van der Waals surface area contributed by atoms with Gasteiger partial charge < -0.3 is 19.8 Å². The predicted octanol–water partition coefficient (Wildman–Crippen LogP) is 2.29. The Labute approximate surface area is 158 Å². The molecule has 1 fully saturated rings. The molecule has 2 aliphatic heterocycles. The zero-order valence-corrected chi connectivity index (χ0v) is 15.2. The Morgan fingerprint density at radius 1 is 1.43 bits per heavy atom. The number of furan rings is 1. The molecular weight excluding hydrogens is 381 g/mol. The SMILES string of the molecule is COC(=O)c1ccc(CC(N)C(=O)N2CCCC(CC3(C(F)(F)F)N=N3)C2)o1. The van der Waals surface area contributed by atoms with E-state index in [1.165, 1.54) is 24.1 Å². The maximum absolute atomic E-state index is 13.0. The van der Waals surface area contributed by atoms with Crippen molar-refractivity contribution in [2.75, 3.05) is 20.2 Å². The van der Waals surface area contributed by atoms with Gasteiger partial charge in [0, 0.05) is 25.9 Å². The summed E-state index contributed by atoms with van der Waals surface area (Å²) in [5.41, 5.74) is 3.67. The summed E-state index contributed by atoms with van der Waals surface area (Å²) in [6, 6.07) is 2.03. The molecular formula is C17H21F3N4O4. The lowest BCUT2D eigenvalue weighted by molar-refractivity contribution is -0.168. The van der Waals surface area contributed by atoms with Gasteiger partial charge in [0.2, 0.25) is 11.7 Å². The van der Waals surface area contributed by atoms with E-state index >= 15 is 0 Å². The quantitative estimate of drug-likeness (QED) is 0.734. The van der Waals surface area contributed by atoms with Gasteiger partial charge in [-0.15, -0.1) is 10.2 Å². The number of esters is 1. The van der Waals surface area contributed by atoms with Gasteiger partial charge in [-0.2, -0.15) is 13.2 Å². The smallest absolute Gasteiger partial charge is 0.437 e. The molecule has 2 unspecified atom stereocenters. The number of alkyl halides is 3. The Balaban J connectivity index is 1.56. The minimum Gasteiger partial charge on any atom is -0.463 e. The Hall–Kier alpha value is -2.43. The minimum absolute atomic E-state index is 0.00423. The molecule has 0 saturated carbocycles. The molecule has 8 nitrogen and oxygen atoms in total. The first kappa shape index (κ1) is 20.3. The summed E-state index contributed by atoms with van der Waals surface area (Å²) in [5.74, 6) is -1.01. The first-order valence-electron chi connectivity index (χ1n) is 8.87. The molecule has 1 aromatic rings. The number of nitrogens with zero attached hydrogens (tertiary/aromatic N) is 3. The molecule has 1 amide bonds. The van der Waals surface area contributed by atoms with Gasteiger partial charge in [-0.25, -0.2) is 4.79 Å². The Morgan fingerprint density at radius 2 is 2.14 bits per heavy atom. The number of carbonyl (C=O) groups excluding carboxylic acids is 2. The molecule has 11 heteroatoms. The summed E-state index contributed by atoms with van der Waals surface area (Å²) in [4.78, 5) is 25.5. The lowest BCUT2D eigenvalue weighted by atomic mass is 9.89. The van der Waals surface area contributed by atoms with E-state index in [-0.39, 0.29) is 37.0 Å². The number of nitrogens with two attached hydrogens (primary N) is 1. The third-order valence-electron chi connectivity index (χ3n) is 4.99. The minimum atomic E-state index is -4.51. The number of ether oxygens (including phenoxy) is 1. The van der Waals surface area contributed by atoms with Gasteiger partial charge in [0.15, 0.2) is 0 Å². The zero-order chi connectivity index (χ0) is 20.5. The number of hydrogen-bond donors (Lipinski definition) is 1. The highest BCUT2D eigenvalue weighted by molar-refractivity contribution is 5.86. The normalized spacial score (nSPS) is 22.0. The zero-order valence-electron chi connectivity index (χ0n) is 15.2. The van der Waals surface area contributed by atoms with Crippen LogP contribution in [0.15, 0.2) is 26.8 Å². The highest BCUT2D eigenvalue weighted by atomic mass is 19.4. The molecule has 0 aliphatic carbocycles. The van der Waals surface area contributed by atoms with Crippen LogP contribution in [-0.4, -0.2) is 54.9 Å². The van der Waals surface area contributed by atoms with Crippen molar-refractivity contribution in [3.8, 4) is 0 Å². The van der Waals surface area contributed by atoms with Crippen LogP contribution in [0.25, 0.3) is 0 Å². The van der Waals surface area contributed by atoms with Crippen LogP contribution < -0.4 is 5.73 Å². The average molecular weight is 402 g/mol. The van der Waals surface area contributed by atoms with Crippen LogP contribution >= 0.6 is 0 Å². The third-order valence-corrected chi connectivity index (χ3v) is 4.99. The van der Waals surface area contributed by atoms with E-state index in [1.54, 1.807) is 0 Å². The summed E-state index contributed by atoms with van der Waals surface area (Å²) >= 11 is 0. The molecule has 0 spiro atoms. The van der Waals surface area contributed by atoms with Gasteiger partial charge in [0.1, 0.15) is 5.76 Å². The molecule has 2 atom stereocenters. The number of hydrogen-bond acceptors (Lipinski definition) is 7. The number of likely N-dealkylation sites (tertiary alicyclic amines) is 1. The van der Waals surface area contributed by atoms with Crippen molar-refractivity contribution >= 4 is 11.9 Å². The topological polar surface area (TPSA) is 110 Å². The molecule has 154 valence electrons. The van der Waals surface area contributed by atoms with Gasteiger partial charge in [-0.1, -0.05) is 0 Å². The number of methoxy groups -OCH3 is 1. The number of rotatable bonds is 6. The van der Waals surface area contributed by atoms with Gasteiger partial charge >= 0.3 is 12.1 Å². The van der Waals surface area contributed by atoms with Crippen LogP contribution in [0.3, 0.4) is 0 Å². The fourth-order valence-electron chi connectivity index (χ4n) is 3.44. The Kier molecular flexibility index (Phi) is 5.46. The average Bonchev–Trinajstić information content (AvgIpc) is 3.30. The maximum Gasteiger partial charge on any atom is 0.437 e. The van der Waals surface area contributed by atoms with Gasteiger partial charge in [-0.3, -0.25) is 4.79 Å². The Morgan fingerprint density at radius 3 is 2.75 bits per heavy atom. The van der Waals surface area contributed by atoms with E-state index in [2.05, 4.69) is 15.0 Å². The lowest BCUT2D eigenvalue weighted by Crippen LogP contribution is -2.49. The van der Waals surface area contributed by atoms with Gasteiger partial charge in [0.25, 0.3) is 5.66 Å². The van der Waals surface area contributed by atoms with Crippen molar-refractivity contribution in [2.45, 2.75) is 43.6 Å². The monoisotopic (exact) mass is 402 g/mol. The van der Waals surface area contributed by atoms with E-state index in [0.29, 0.717) is 25.1 Å². The molecule has 1 saturated heterocycles. The fourth-order valence-corrected chi connectivity index (χ4v) is 3.44. The van der Waals surface area contributed by atoms with Crippen molar-refractivity contribution < 1.29 is 31.9 Å². The first-order chi connectivity index (χ1) is 13.1. The van der Waals surface area contributed by atoms with Gasteiger partial charge in [-0.05, 0) is 30.9 Å². The molecule has 0 radical (unpaired) electrons. The van der Waals surface area contributed by atoms with Crippen molar-refractivity contribution in [1.29, 1.82) is 0 Å². The summed E-state index contributed by atoms with van der Waals surface area (Å²) in [5, 5.41) is 6.41. The van der Waals surface area contributed by atoms with Crippen molar-refractivity contribution in [3.63, 3.8) is 0 Å². The molecule has 3 heterocycles. The van der Waals surface area contributed by atoms with E-state index in [0.717, 1.165) is 0 Å². The van der Waals surface area contributed by atoms with Crippen LogP contribution in [0, 0.1) is 5.92 Å². The summed E-state index contributed by atoms with van der Waals surface area (Å²) in [6.45, 7) is 0.614. The molecule has 28 heavy (non-hydrogen) atoms. The summed E-state index contributed by atoms with van der Waals surface area (Å²) in [6.07, 6.45) is -3.54. The Bertz CT molecular complexity index is 771. The maximum atomic E-state index is 13.0. The van der Waals surface area contributed by atoms with Crippen molar-refractivity contribution in [3.05, 3.63) is 23.7 Å². The third kappa shape index (κ3) is 4.18. The van der Waals surface area contributed by atoms with Crippen molar-refractivity contribution in [2.24, 2.45) is 21.9 Å². The predicted molar refractivity (Wildman–Crippen MR) is 89.3 cm³/mol. The van der Waals surface area contributed by atoms with Gasteiger partial charge in [0.05, 0.1) is 13.2 Å². The van der Waals surface area contributed by atoms with E-state index in [9.17, 15) is 22.8 Å². The summed E-state index contributed by atoms with van der Waals surface area (Å²) in [7, 11) is 1.22. The molecule has 3 rings (SSSR count). The van der Waals surface area contributed by atoms with E-state index in [4.69, 9.17) is 10.2 Å².